The number of ether oxygens (including phenoxy) is 1. The van der Waals surface area contributed by atoms with Crippen LogP contribution in [0.15, 0.2) is 23.1 Å². The number of methoxy groups -OCH3 is 1. The normalized spacial score (nSPS) is 13.8. The number of hydrogen-bond donors (Lipinski definition) is 1. The van der Waals surface area contributed by atoms with E-state index < -0.39 is 32.7 Å². The summed E-state index contributed by atoms with van der Waals surface area (Å²) >= 11 is 0. The van der Waals surface area contributed by atoms with Crippen molar-refractivity contribution in [3.63, 3.8) is 0 Å². The van der Waals surface area contributed by atoms with Gasteiger partial charge < -0.3 is 4.74 Å². The Labute approximate surface area is 124 Å². The fourth-order valence-electron chi connectivity index (χ4n) is 1.47. The Morgan fingerprint density at radius 1 is 1.33 bits per heavy atom. The molecule has 0 aromatic heterocycles. The summed E-state index contributed by atoms with van der Waals surface area (Å²) in [6, 6.07) is 2.51. The number of esters is 1. The maximum absolute atomic E-state index is 13.4. The third kappa shape index (κ3) is 4.25. The molecule has 1 N–H and O–H groups in total. The predicted molar refractivity (Wildman–Crippen MR) is 77.0 cm³/mol. The molecule has 0 fully saturated rings. The second-order valence-electron chi connectivity index (χ2n) is 5.84. The topological polar surface area (TPSA) is 72.5 Å². The summed E-state index contributed by atoms with van der Waals surface area (Å²) in [5.74, 6) is -1.58. The number of nitrogens with one attached hydrogen (secondary N) is 1. The molecule has 0 aliphatic rings. The minimum Gasteiger partial charge on any atom is -0.465 e. The average Bonchev–Trinajstić information content (AvgIpc) is 2.36. The zero-order valence-electron chi connectivity index (χ0n) is 12.7. The number of benzene rings is 1. The van der Waals surface area contributed by atoms with E-state index in [1.807, 2.05) is 20.8 Å². The second kappa shape index (κ2) is 6.11. The van der Waals surface area contributed by atoms with E-state index >= 15 is 0 Å². The van der Waals surface area contributed by atoms with Gasteiger partial charge in [-0.3, -0.25) is 0 Å². The Morgan fingerprint density at radius 2 is 1.90 bits per heavy atom. The van der Waals surface area contributed by atoms with Crippen molar-refractivity contribution in [2.24, 2.45) is 5.41 Å². The smallest absolute Gasteiger partial charge is 0.339 e. The fourth-order valence-corrected chi connectivity index (χ4v) is 3.12. The molecule has 118 valence electrons. The van der Waals surface area contributed by atoms with Crippen LogP contribution in [0.1, 0.15) is 38.1 Å². The molecule has 1 unspecified atom stereocenters. The van der Waals surface area contributed by atoms with Gasteiger partial charge in [-0.15, -0.1) is 0 Å². The van der Waals surface area contributed by atoms with E-state index in [-0.39, 0.29) is 11.0 Å². The quantitative estimate of drug-likeness (QED) is 0.865. The van der Waals surface area contributed by atoms with Crippen LogP contribution in [-0.2, 0) is 14.8 Å². The van der Waals surface area contributed by atoms with Crippen LogP contribution in [0.5, 0.6) is 0 Å². The highest BCUT2D eigenvalue weighted by molar-refractivity contribution is 7.89. The van der Waals surface area contributed by atoms with Crippen LogP contribution < -0.4 is 4.72 Å². The number of sulfonamides is 1. The fraction of sp³-hybridized carbons (Fsp3) is 0.500. The molecule has 0 radical (unpaired) electrons. The van der Waals surface area contributed by atoms with Gasteiger partial charge in [0.05, 0.1) is 17.6 Å². The van der Waals surface area contributed by atoms with Crippen LogP contribution >= 0.6 is 0 Å². The molecule has 1 aromatic rings. The highest BCUT2D eigenvalue weighted by Crippen LogP contribution is 2.23. The van der Waals surface area contributed by atoms with Gasteiger partial charge in [0.2, 0.25) is 10.0 Å². The van der Waals surface area contributed by atoms with Crippen molar-refractivity contribution >= 4 is 16.0 Å². The van der Waals surface area contributed by atoms with Gasteiger partial charge in [-0.1, -0.05) is 20.8 Å². The molecular weight excluding hydrogens is 297 g/mol. The van der Waals surface area contributed by atoms with Crippen molar-refractivity contribution in [3.05, 3.63) is 29.6 Å². The summed E-state index contributed by atoms with van der Waals surface area (Å²) < 4.78 is 45.2. The third-order valence-corrected chi connectivity index (χ3v) is 4.85. The molecule has 0 aliphatic heterocycles. The molecule has 21 heavy (non-hydrogen) atoms. The Balaban J connectivity index is 3.31. The Bertz CT molecular complexity index is 635. The molecule has 0 spiro atoms. The van der Waals surface area contributed by atoms with Crippen LogP contribution in [0.2, 0.25) is 0 Å². The summed E-state index contributed by atoms with van der Waals surface area (Å²) in [6.07, 6.45) is 0. The molecule has 7 heteroatoms. The summed E-state index contributed by atoms with van der Waals surface area (Å²) in [5.41, 5.74) is -0.529. The molecular formula is C14H20FNO4S. The largest absolute Gasteiger partial charge is 0.465 e. The van der Waals surface area contributed by atoms with Crippen molar-refractivity contribution in [2.45, 2.75) is 38.6 Å². The zero-order valence-corrected chi connectivity index (χ0v) is 13.5. The Hall–Kier alpha value is -1.47. The second-order valence-corrected chi connectivity index (χ2v) is 7.52. The van der Waals surface area contributed by atoms with E-state index in [1.165, 1.54) is 0 Å². The minimum absolute atomic E-state index is 0.201. The highest BCUT2D eigenvalue weighted by Gasteiger charge is 2.29. The van der Waals surface area contributed by atoms with Crippen molar-refractivity contribution in [3.8, 4) is 0 Å². The monoisotopic (exact) mass is 317 g/mol. The average molecular weight is 317 g/mol. The Kier molecular flexibility index (Phi) is 5.11. The van der Waals surface area contributed by atoms with E-state index in [4.69, 9.17) is 0 Å². The Morgan fingerprint density at radius 3 is 2.38 bits per heavy atom. The first-order valence-electron chi connectivity index (χ1n) is 6.39. The number of carbonyl (C=O) groups excluding carboxylic acids is 1. The van der Waals surface area contributed by atoms with E-state index in [1.54, 1.807) is 6.92 Å². The highest BCUT2D eigenvalue weighted by atomic mass is 32.2. The van der Waals surface area contributed by atoms with Gasteiger partial charge in [-0.05, 0) is 30.5 Å². The summed E-state index contributed by atoms with van der Waals surface area (Å²) in [5, 5.41) is 0. The molecule has 1 atom stereocenters. The van der Waals surface area contributed by atoms with E-state index in [0.29, 0.717) is 0 Å². The van der Waals surface area contributed by atoms with Crippen molar-refractivity contribution in [2.75, 3.05) is 7.11 Å². The molecule has 0 aliphatic carbocycles. The third-order valence-electron chi connectivity index (χ3n) is 3.27. The first kappa shape index (κ1) is 17.6. The summed E-state index contributed by atoms with van der Waals surface area (Å²) in [4.78, 5) is 11.2. The SMILES string of the molecule is COC(=O)c1ccc(F)cc1S(=O)(=O)NC(C)C(C)(C)C. The first-order chi connectivity index (χ1) is 9.49. The van der Waals surface area contributed by atoms with Gasteiger partial charge in [0.25, 0.3) is 0 Å². The predicted octanol–water partition coefficient (Wildman–Crippen LogP) is 2.33. The summed E-state index contributed by atoms with van der Waals surface area (Å²) in [6.45, 7) is 7.31. The lowest BCUT2D eigenvalue weighted by molar-refractivity contribution is 0.0596. The molecule has 0 bridgehead atoms. The lowest BCUT2D eigenvalue weighted by Crippen LogP contribution is -2.41. The molecule has 0 saturated heterocycles. The van der Waals surface area contributed by atoms with Crippen LogP contribution in [0.4, 0.5) is 4.39 Å². The number of carbonyl (C=O) groups is 1. The van der Waals surface area contributed by atoms with Crippen molar-refractivity contribution in [1.82, 2.24) is 4.72 Å². The van der Waals surface area contributed by atoms with E-state index in [2.05, 4.69) is 9.46 Å². The van der Waals surface area contributed by atoms with Crippen LogP contribution in [-0.4, -0.2) is 27.5 Å². The van der Waals surface area contributed by atoms with Crippen LogP contribution in [0.25, 0.3) is 0 Å². The lowest BCUT2D eigenvalue weighted by Gasteiger charge is -2.28. The number of halogens is 1. The van der Waals surface area contributed by atoms with Gasteiger partial charge >= 0.3 is 5.97 Å². The standard InChI is InChI=1S/C14H20FNO4S/c1-9(14(2,3)4)16-21(18,19)12-8-10(15)6-7-11(12)13(17)20-5/h6-9,16H,1-5H3. The van der Waals surface area contributed by atoms with E-state index in [9.17, 15) is 17.6 Å². The van der Waals surface area contributed by atoms with Gasteiger partial charge in [0.1, 0.15) is 5.82 Å². The minimum atomic E-state index is -4.04. The summed E-state index contributed by atoms with van der Waals surface area (Å²) in [7, 11) is -2.91. The molecule has 5 nitrogen and oxygen atoms in total. The first-order valence-corrected chi connectivity index (χ1v) is 7.87. The zero-order chi connectivity index (χ0) is 16.4. The number of rotatable bonds is 4. The van der Waals surface area contributed by atoms with Crippen molar-refractivity contribution in [1.29, 1.82) is 0 Å². The molecule has 0 heterocycles. The molecule has 0 saturated carbocycles. The van der Waals surface area contributed by atoms with Gasteiger partial charge in [0.15, 0.2) is 0 Å². The molecule has 1 rings (SSSR count). The molecule has 1 aromatic carbocycles. The van der Waals surface area contributed by atoms with Crippen LogP contribution in [0.3, 0.4) is 0 Å². The number of hydrogen-bond acceptors (Lipinski definition) is 4. The van der Waals surface area contributed by atoms with Gasteiger partial charge in [0, 0.05) is 6.04 Å². The molecule has 0 amide bonds. The van der Waals surface area contributed by atoms with Gasteiger partial charge in [-0.25, -0.2) is 22.3 Å². The van der Waals surface area contributed by atoms with Crippen LogP contribution in [0, 0.1) is 11.2 Å². The van der Waals surface area contributed by atoms with Crippen molar-refractivity contribution < 1.29 is 22.3 Å². The van der Waals surface area contributed by atoms with Gasteiger partial charge in [-0.2, -0.15) is 0 Å². The lowest BCUT2D eigenvalue weighted by atomic mass is 9.89. The van der Waals surface area contributed by atoms with E-state index in [0.717, 1.165) is 25.3 Å². The maximum atomic E-state index is 13.4. The maximum Gasteiger partial charge on any atom is 0.339 e.